The Morgan fingerprint density at radius 3 is 3.05 bits per heavy atom. The van der Waals surface area contributed by atoms with Crippen molar-refractivity contribution in [3.63, 3.8) is 0 Å². The number of rotatable bonds is 3. The fourth-order valence-corrected chi connectivity index (χ4v) is 2.94. The van der Waals surface area contributed by atoms with Crippen LogP contribution in [-0.4, -0.2) is 18.6 Å². The number of pyridine rings is 1. The minimum absolute atomic E-state index is 0.0954. The Morgan fingerprint density at radius 2 is 2.26 bits per heavy atom. The highest BCUT2D eigenvalue weighted by Gasteiger charge is 2.22. The van der Waals surface area contributed by atoms with Gasteiger partial charge in [-0.3, -0.25) is 4.98 Å². The van der Waals surface area contributed by atoms with Gasteiger partial charge in [-0.05, 0) is 40.2 Å². The summed E-state index contributed by atoms with van der Waals surface area (Å²) in [6, 6.07) is 8.53. The first-order chi connectivity index (χ1) is 9.29. The highest BCUT2D eigenvalue weighted by Crippen LogP contribution is 2.36. The van der Waals surface area contributed by atoms with Crippen LogP contribution in [0.3, 0.4) is 0 Å². The third-order valence-corrected chi connectivity index (χ3v) is 3.84. The van der Waals surface area contributed by atoms with Crippen molar-refractivity contribution in [1.29, 1.82) is 0 Å². The van der Waals surface area contributed by atoms with Crippen molar-refractivity contribution in [1.82, 2.24) is 10.3 Å². The number of fused-ring (bicyclic) bond motifs is 1. The Kier molecular flexibility index (Phi) is 3.53. The Hall–Kier alpha value is -1.39. The van der Waals surface area contributed by atoms with E-state index in [1.54, 1.807) is 6.20 Å². The summed E-state index contributed by atoms with van der Waals surface area (Å²) in [5.41, 5.74) is 3.60. The molecule has 0 radical (unpaired) electrons. The maximum Gasteiger partial charge on any atom is 0.127 e. The van der Waals surface area contributed by atoms with Gasteiger partial charge in [0.15, 0.2) is 0 Å². The lowest BCUT2D eigenvalue weighted by atomic mass is 9.97. The van der Waals surface area contributed by atoms with Crippen LogP contribution >= 0.6 is 15.9 Å². The molecule has 0 aliphatic carbocycles. The highest BCUT2D eigenvalue weighted by molar-refractivity contribution is 9.10. The van der Waals surface area contributed by atoms with Crippen molar-refractivity contribution >= 4 is 15.9 Å². The van der Waals surface area contributed by atoms with E-state index in [2.05, 4.69) is 50.5 Å². The molecule has 0 saturated heterocycles. The van der Waals surface area contributed by atoms with Crippen molar-refractivity contribution in [3.8, 4) is 5.75 Å². The molecule has 1 aromatic carbocycles. The predicted octanol–water partition coefficient (Wildman–Crippen LogP) is 3.09. The number of benzene rings is 1. The first-order valence-corrected chi connectivity index (χ1v) is 7.11. The van der Waals surface area contributed by atoms with Crippen molar-refractivity contribution < 1.29 is 4.74 Å². The molecule has 98 valence electrons. The Bertz CT molecular complexity index is 600. The van der Waals surface area contributed by atoms with E-state index < -0.39 is 0 Å². The van der Waals surface area contributed by atoms with Crippen LogP contribution < -0.4 is 10.1 Å². The van der Waals surface area contributed by atoms with E-state index in [0.717, 1.165) is 28.8 Å². The first kappa shape index (κ1) is 12.6. The molecule has 1 aromatic heterocycles. The Morgan fingerprint density at radius 1 is 1.37 bits per heavy atom. The zero-order chi connectivity index (χ0) is 13.2. The number of hydrogen-bond donors (Lipinski definition) is 1. The number of para-hydroxylation sites is 1. The maximum atomic E-state index is 5.79. The number of ether oxygens (including phenoxy) is 1. The molecule has 0 fully saturated rings. The zero-order valence-electron chi connectivity index (χ0n) is 10.7. The Balaban J connectivity index is 2.06. The van der Waals surface area contributed by atoms with E-state index in [0.29, 0.717) is 0 Å². The Labute approximate surface area is 121 Å². The normalized spacial score (nSPS) is 14.8. The topological polar surface area (TPSA) is 34.2 Å². The quantitative estimate of drug-likeness (QED) is 0.944. The molecule has 2 aromatic rings. The van der Waals surface area contributed by atoms with Gasteiger partial charge in [0.1, 0.15) is 5.75 Å². The number of aromatic nitrogens is 1. The lowest BCUT2D eigenvalue weighted by molar-refractivity contribution is 0.351. The van der Waals surface area contributed by atoms with Crippen molar-refractivity contribution in [2.75, 3.05) is 13.7 Å². The zero-order valence-corrected chi connectivity index (χ0v) is 12.3. The van der Waals surface area contributed by atoms with Crippen LogP contribution in [0.2, 0.25) is 0 Å². The van der Waals surface area contributed by atoms with Gasteiger partial charge in [0.2, 0.25) is 0 Å². The van der Waals surface area contributed by atoms with Gasteiger partial charge in [0.25, 0.3) is 0 Å². The summed E-state index contributed by atoms with van der Waals surface area (Å²) in [6.07, 6.45) is 4.68. The molecule has 0 saturated carbocycles. The number of nitrogens with one attached hydrogen (secondary N) is 1. The molecule has 0 spiro atoms. The second-order valence-electron chi connectivity index (χ2n) is 4.59. The molecular weight excluding hydrogens is 304 g/mol. The van der Waals surface area contributed by atoms with Gasteiger partial charge in [-0.2, -0.15) is 0 Å². The van der Waals surface area contributed by atoms with E-state index in [9.17, 15) is 0 Å². The van der Waals surface area contributed by atoms with Crippen LogP contribution in [0.1, 0.15) is 22.7 Å². The minimum Gasteiger partial charge on any atom is -0.493 e. The van der Waals surface area contributed by atoms with Crippen LogP contribution in [0.4, 0.5) is 0 Å². The SMILES string of the molecule is CNC(c1cncc(Br)c1)c1cccc2c1OCC2. The summed E-state index contributed by atoms with van der Waals surface area (Å²) in [7, 11) is 1.96. The van der Waals surface area contributed by atoms with Crippen LogP contribution in [0.15, 0.2) is 41.1 Å². The highest BCUT2D eigenvalue weighted by atomic mass is 79.9. The summed E-state index contributed by atoms with van der Waals surface area (Å²) < 4.78 is 6.78. The van der Waals surface area contributed by atoms with Gasteiger partial charge in [0, 0.05) is 28.9 Å². The molecule has 3 rings (SSSR count). The molecule has 1 atom stereocenters. The summed E-state index contributed by atoms with van der Waals surface area (Å²) in [6.45, 7) is 0.777. The van der Waals surface area contributed by atoms with Gasteiger partial charge in [-0.1, -0.05) is 18.2 Å². The van der Waals surface area contributed by atoms with E-state index >= 15 is 0 Å². The average molecular weight is 319 g/mol. The molecule has 1 aliphatic heterocycles. The van der Waals surface area contributed by atoms with Crippen LogP contribution in [0.5, 0.6) is 5.75 Å². The molecule has 3 nitrogen and oxygen atoms in total. The van der Waals surface area contributed by atoms with Crippen molar-refractivity contribution in [3.05, 3.63) is 57.8 Å². The molecular formula is C15H15BrN2O. The monoisotopic (exact) mass is 318 g/mol. The standard InChI is InChI=1S/C15H15BrN2O/c1-17-14(11-7-12(16)9-18-8-11)13-4-2-3-10-5-6-19-15(10)13/h2-4,7-9,14,17H,5-6H2,1H3. The van der Waals surface area contributed by atoms with Gasteiger partial charge in [-0.15, -0.1) is 0 Å². The van der Waals surface area contributed by atoms with E-state index in [-0.39, 0.29) is 6.04 Å². The molecule has 2 heterocycles. The van der Waals surface area contributed by atoms with E-state index in [1.165, 1.54) is 11.1 Å². The van der Waals surface area contributed by atoms with Crippen LogP contribution in [-0.2, 0) is 6.42 Å². The summed E-state index contributed by atoms with van der Waals surface area (Å²) in [5, 5.41) is 3.35. The lowest BCUT2D eigenvalue weighted by Crippen LogP contribution is -2.18. The summed E-state index contributed by atoms with van der Waals surface area (Å²) in [4.78, 5) is 4.24. The summed E-state index contributed by atoms with van der Waals surface area (Å²) >= 11 is 3.47. The van der Waals surface area contributed by atoms with E-state index in [4.69, 9.17) is 4.74 Å². The molecule has 1 aliphatic rings. The lowest BCUT2D eigenvalue weighted by Gasteiger charge is -2.19. The third kappa shape index (κ3) is 2.38. The molecule has 0 amide bonds. The van der Waals surface area contributed by atoms with Gasteiger partial charge >= 0.3 is 0 Å². The second kappa shape index (κ2) is 5.31. The third-order valence-electron chi connectivity index (χ3n) is 3.40. The molecule has 19 heavy (non-hydrogen) atoms. The van der Waals surface area contributed by atoms with Crippen LogP contribution in [0, 0.1) is 0 Å². The van der Waals surface area contributed by atoms with Crippen molar-refractivity contribution in [2.24, 2.45) is 0 Å². The fourth-order valence-electron chi connectivity index (χ4n) is 2.56. The number of hydrogen-bond acceptors (Lipinski definition) is 3. The molecule has 4 heteroatoms. The largest absolute Gasteiger partial charge is 0.493 e. The molecule has 0 bridgehead atoms. The number of halogens is 1. The maximum absolute atomic E-state index is 5.79. The van der Waals surface area contributed by atoms with E-state index in [1.807, 2.05) is 13.2 Å². The molecule has 1 N–H and O–H groups in total. The predicted molar refractivity (Wildman–Crippen MR) is 78.5 cm³/mol. The average Bonchev–Trinajstić information content (AvgIpc) is 2.89. The fraction of sp³-hybridized carbons (Fsp3) is 0.267. The second-order valence-corrected chi connectivity index (χ2v) is 5.51. The smallest absolute Gasteiger partial charge is 0.127 e. The van der Waals surface area contributed by atoms with Gasteiger partial charge in [0.05, 0.1) is 12.6 Å². The van der Waals surface area contributed by atoms with Crippen molar-refractivity contribution in [2.45, 2.75) is 12.5 Å². The molecule has 1 unspecified atom stereocenters. The van der Waals surface area contributed by atoms with Gasteiger partial charge in [-0.25, -0.2) is 0 Å². The number of nitrogens with zero attached hydrogens (tertiary/aromatic N) is 1. The summed E-state index contributed by atoms with van der Waals surface area (Å²) in [5.74, 6) is 1.03. The minimum atomic E-state index is 0.0954. The van der Waals surface area contributed by atoms with Crippen LogP contribution in [0.25, 0.3) is 0 Å². The first-order valence-electron chi connectivity index (χ1n) is 6.32. The van der Waals surface area contributed by atoms with Gasteiger partial charge < -0.3 is 10.1 Å².